The minimum absolute atomic E-state index is 0.642. The number of rotatable bonds is 4. The van der Waals surface area contributed by atoms with Crippen molar-refractivity contribution in [1.82, 2.24) is 9.97 Å². The van der Waals surface area contributed by atoms with E-state index >= 15 is 0 Å². The Morgan fingerprint density at radius 1 is 1.35 bits per heavy atom. The molecule has 1 saturated carbocycles. The summed E-state index contributed by atoms with van der Waals surface area (Å²) in [6, 6.07) is 4.13. The molecule has 2 aromatic rings. The van der Waals surface area contributed by atoms with Crippen molar-refractivity contribution in [2.24, 2.45) is 5.92 Å². The van der Waals surface area contributed by atoms with E-state index in [2.05, 4.69) is 28.3 Å². The van der Waals surface area contributed by atoms with Gasteiger partial charge < -0.3 is 9.73 Å². The Morgan fingerprint density at radius 3 is 2.82 bits per heavy atom. The highest BCUT2D eigenvalue weighted by atomic mass is 16.3. The molecule has 0 aromatic carbocycles. The van der Waals surface area contributed by atoms with Crippen LogP contribution in [0.5, 0.6) is 0 Å². The number of furan rings is 1. The molecule has 1 aliphatic carbocycles. The summed E-state index contributed by atoms with van der Waals surface area (Å²) in [5, 5.41) is 3.23. The maximum absolute atomic E-state index is 5.80. The van der Waals surface area contributed by atoms with Gasteiger partial charge in [-0.1, -0.05) is 6.92 Å². The van der Waals surface area contributed by atoms with Crippen LogP contribution >= 0.6 is 0 Å². The molecule has 3 rings (SSSR count). The van der Waals surface area contributed by atoms with E-state index in [1.54, 1.807) is 12.4 Å². The van der Waals surface area contributed by atoms with E-state index < -0.39 is 0 Å². The monoisotopic (exact) mass is 229 g/mol. The largest absolute Gasteiger partial charge is 0.464 e. The first-order chi connectivity index (χ1) is 8.33. The van der Waals surface area contributed by atoms with Crippen molar-refractivity contribution in [1.29, 1.82) is 0 Å². The zero-order valence-electron chi connectivity index (χ0n) is 9.76. The molecular weight excluding hydrogens is 214 g/mol. The van der Waals surface area contributed by atoms with Crippen molar-refractivity contribution in [3.05, 3.63) is 42.4 Å². The first kappa shape index (κ1) is 10.3. The number of hydrogen-bond donors (Lipinski definition) is 1. The van der Waals surface area contributed by atoms with Crippen molar-refractivity contribution in [2.75, 3.05) is 5.32 Å². The number of hydrogen-bond acceptors (Lipinski definition) is 4. The highest BCUT2D eigenvalue weighted by Crippen LogP contribution is 2.47. The first-order valence-electron chi connectivity index (χ1n) is 5.90. The molecule has 0 saturated heterocycles. The van der Waals surface area contributed by atoms with Crippen LogP contribution in [0, 0.1) is 5.92 Å². The highest BCUT2D eigenvalue weighted by molar-refractivity contribution is 5.37. The van der Waals surface area contributed by atoms with Gasteiger partial charge in [0.2, 0.25) is 0 Å². The summed E-state index contributed by atoms with van der Waals surface area (Å²) in [5.41, 5.74) is 0.908. The summed E-state index contributed by atoms with van der Waals surface area (Å²) < 4.78 is 5.80. The highest BCUT2D eigenvalue weighted by Gasteiger charge is 2.36. The van der Waals surface area contributed by atoms with E-state index in [4.69, 9.17) is 4.42 Å². The van der Waals surface area contributed by atoms with Gasteiger partial charge in [-0.3, -0.25) is 0 Å². The topological polar surface area (TPSA) is 51.0 Å². The second-order valence-electron chi connectivity index (χ2n) is 4.60. The lowest BCUT2D eigenvalue weighted by Gasteiger charge is -2.02. The number of anilines is 1. The fraction of sp³-hybridized carbons (Fsp3) is 0.385. The molecule has 0 spiro atoms. The number of nitrogens with zero attached hydrogens (tertiary/aromatic N) is 2. The number of nitrogens with one attached hydrogen (secondary N) is 1. The van der Waals surface area contributed by atoms with Crippen molar-refractivity contribution in [3.63, 3.8) is 0 Å². The van der Waals surface area contributed by atoms with Gasteiger partial charge >= 0.3 is 0 Å². The average Bonchev–Trinajstić information content (AvgIpc) is 2.92. The third-order valence-electron chi connectivity index (χ3n) is 3.18. The molecule has 4 nitrogen and oxygen atoms in total. The third-order valence-corrected chi connectivity index (χ3v) is 3.18. The van der Waals surface area contributed by atoms with E-state index in [0.717, 1.165) is 23.1 Å². The van der Waals surface area contributed by atoms with Gasteiger partial charge in [-0.15, -0.1) is 0 Å². The van der Waals surface area contributed by atoms with Crippen molar-refractivity contribution in [2.45, 2.75) is 25.8 Å². The van der Waals surface area contributed by atoms with E-state index in [1.807, 2.05) is 6.07 Å². The van der Waals surface area contributed by atoms with Gasteiger partial charge in [0.1, 0.15) is 17.8 Å². The summed E-state index contributed by atoms with van der Waals surface area (Å²) in [4.78, 5) is 7.89. The summed E-state index contributed by atoms with van der Waals surface area (Å²) in [5.74, 6) is 3.51. The van der Waals surface area contributed by atoms with Crippen LogP contribution in [0.1, 0.15) is 30.8 Å². The number of aromatic nitrogens is 2. The third kappa shape index (κ3) is 2.30. The fourth-order valence-electron chi connectivity index (χ4n) is 1.99. The van der Waals surface area contributed by atoms with Crippen molar-refractivity contribution < 1.29 is 4.42 Å². The minimum atomic E-state index is 0.642. The maximum Gasteiger partial charge on any atom is 0.123 e. The maximum atomic E-state index is 5.80. The van der Waals surface area contributed by atoms with Crippen LogP contribution in [-0.2, 0) is 6.54 Å². The molecule has 2 atom stereocenters. The van der Waals surface area contributed by atoms with Crippen LogP contribution < -0.4 is 5.32 Å². The molecule has 0 aliphatic heterocycles. The average molecular weight is 229 g/mol. The lowest BCUT2D eigenvalue weighted by molar-refractivity contribution is 0.468. The van der Waals surface area contributed by atoms with Gasteiger partial charge in [-0.25, -0.2) is 9.97 Å². The smallest absolute Gasteiger partial charge is 0.123 e. The van der Waals surface area contributed by atoms with Crippen LogP contribution in [0.4, 0.5) is 5.69 Å². The Morgan fingerprint density at radius 2 is 2.12 bits per heavy atom. The first-order valence-corrected chi connectivity index (χ1v) is 5.90. The molecule has 17 heavy (non-hydrogen) atoms. The minimum Gasteiger partial charge on any atom is -0.464 e. The van der Waals surface area contributed by atoms with Crippen LogP contribution in [-0.4, -0.2) is 9.97 Å². The molecule has 2 aromatic heterocycles. The van der Waals surface area contributed by atoms with Gasteiger partial charge in [-0.2, -0.15) is 0 Å². The van der Waals surface area contributed by atoms with Crippen LogP contribution in [0.3, 0.4) is 0 Å². The molecular formula is C13H15N3O. The Labute approximate surface area is 100 Å². The van der Waals surface area contributed by atoms with Gasteiger partial charge in [0.05, 0.1) is 24.6 Å². The predicted octanol–water partition coefficient (Wildman–Crippen LogP) is 2.81. The standard InChI is InChI=1S/C13H15N3O/c1-9-4-12(9)13-3-2-11(17-13)7-16-10-5-14-8-15-6-10/h2-3,5-6,8-9,12,16H,4,7H2,1H3. The second-order valence-corrected chi connectivity index (χ2v) is 4.60. The molecule has 1 N–H and O–H groups in total. The van der Waals surface area contributed by atoms with Crippen molar-refractivity contribution >= 4 is 5.69 Å². The SMILES string of the molecule is CC1CC1c1ccc(CNc2cncnc2)o1. The molecule has 0 radical (unpaired) electrons. The molecule has 2 heterocycles. The van der Waals surface area contributed by atoms with Crippen LogP contribution in [0.2, 0.25) is 0 Å². The Hall–Kier alpha value is -1.84. The van der Waals surface area contributed by atoms with Crippen LogP contribution in [0.15, 0.2) is 35.3 Å². The summed E-state index contributed by atoms with van der Waals surface area (Å²) in [6.45, 7) is 2.93. The molecule has 0 bridgehead atoms. The lowest BCUT2D eigenvalue weighted by Crippen LogP contribution is -1.98. The second kappa shape index (κ2) is 4.20. The quantitative estimate of drug-likeness (QED) is 0.875. The fourth-order valence-corrected chi connectivity index (χ4v) is 1.99. The van der Waals surface area contributed by atoms with E-state index in [0.29, 0.717) is 12.5 Å². The Balaban J connectivity index is 1.60. The van der Waals surface area contributed by atoms with Gasteiger partial charge in [-0.05, 0) is 24.5 Å². The van der Waals surface area contributed by atoms with Gasteiger partial charge in [0.25, 0.3) is 0 Å². The summed E-state index contributed by atoms with van der Waals surface area (Å²) in [6.07, 6.45) is 6.27. The van der Waals surface area contributed by atoms with Crippen molar-refractivity contribution in [3.8, 4) is 0 Å². The molecule has 4 heteroatoms. The normalized spacial score (nSPS) is 22.4. The molecule has 1 aliphatic rings. The summed E-state index contributed by atoms with van der Waals surface area (Å²) in [7, 11) is 0. The Kier molecular flexibility index (Phi) is 2.55. The molecule has 0 amide bonds. The lowest BCUT2D eigenvalue weighted by atomic mass is 10.3. The van der Waals surface area contributed by atoms with Gasteiger partial charge in [0, 0.05) is 5.92 Å². The Bertz CT molecular complexity index is 494. The van der Waals surface area contributed by atoms with E-state index in [9.17, 15) is 0 Å². The molecule has 2 unspecified atom stereocenters. The molecule has 88 valence electrons. The summed E-state index contributed by atoms with van der Waals surface area (Å²) >= 11 is 0. The molecule has 1 fully saturated rings. The predicted molar refractivity (Wildman–Crippen MR) is 64.6 cm³/mol. The van der Waals surface area contributed by atoms with Crippen LogP contribution in [0.25, 0.3) is 0 Å². The van der Waals surface area contributed by atoms with E-state index in [1.165, 1.54) is 12.7 Å². The zero-order chi connectivity index (χ0) is 11.7. The van der Waals surface area contributed by atoms with E-state index in [-0.39, 0.29) is 0 Å². The van der Waals surface area contributed by atoms with Gasteiger partial charge in [0.15, 0.2) is 0 Å². The zero-order valence-corrected chi connectivity index (χ0v) is 9.76.